The van der Waals surface area contributed by atoms with Crippen LogP contribution in [-0.4, -0.2) is 61.8 Å². The zero-order valence-electron chi connectivity index (χ0n) is 21.3. The number of piperidine rings is 1. The van der Waals surface area contributed by atoms with Crippen LogP contribution in [0, 0.1) is 6.92 Å². The number of aryl methyl sites for hydroxylation is 3. The maximum atomic E-state index is 13.6. The largest absolute Gasteiger partial charge is 0.415 e. The lowest BCUT2D eigenvalue weighted by atomic mass is 9.85. The molecule has 2 amide bonds. The lowest BCUT2D eigenvalue weighted by molar-refractivity contribution is -0.0531. The number of amides is 2. The van der Waals surface area contributed by atoms with Crippen molar-refractivity contribution >= 4 is 22.8 Å². The van der Waals surface area contributed by atoms with Crippen LogP contribution in [-0.2, 0) is 14.1 Å². The lowest BCUT2D eigenvalue weighted by Crippen LogP contribution is -2.51. The van der Waals surface area contributed by atoms with Crippen LogP contribution in [0.2, 0.25) is 0 Å². The summed E-state index contributed by atoms with van der Waals surface area (Å²) in [5.74, 6) is -1.04. The fraction of sp³-hybridized carbons (Fsp3) is 0.333. The number of carbonyl (C=O) groups excluding carboxylic acids is 2. The van der Waals surface area contributed by atoms with Crippen molar-refractivity contribution in [3.8, 4) is 5.88 Å². The van der Waals surface area contributed by atoms with Gasteiger partial charge in [0.05, 0.1) is 17.4 Å². The number of nitrogens with zero attached hydrogens (tertiary/aromatic N) is 5. The van der Waals surface area contributed by atoms with Crippen LogP contribution in [0.4, 0.5) is 8.78 Å². The van der Waals surface area contributed by atoms with Gasteiger partial charge in [0.1, 0.15) is 5.69 Å². The number of aromatic nitrogens is 4. The Morgan fingerprint density at radius 1 is 1.13 bits per heavy atom. The first-order valence-corrected chi connectivity index (χ1v) is 12.3. The predicted molar refractivity (Wildman–Crippen MR) is 136 cm³/mol. The topological polar surface area (TPSA) is 94.3 Å². The molecule has 38 heavy (non-hydrogen) atoms. The number of benzene rings is 2. The van der Waals surface area contributed by atoms with Crippen molar-refractivity contribution in [1.82, 2.24) is 29.5 Å². The highest BCUT2D eigenvalue weighted by Crippen LogP contribution is 2.30. The Hall–Kier alpha value is -4.28. The monoisotopic (exact) mass is 522 g/mol. The third kappa shape index (κ3) is 4.96. The highest BCUT2D eigenvalue weighted by atomic mass is 19.3. The van der Waals surface area contributed by atoms with Crippen LogP contribution in [0.15, 0.2) is 54.9 Å². The molecule has 198 valence electrons. The Balaban J connectivity index is 1.38. The first-order chi connectivity index (χ1) is 18.2. The fourth-order valence-corrected chi connectivity index (χ4v) is 5.10. The summed E-state index contributed by atoms with van der Waals surface area (Å²) in [6.45, 7) is -0.244. The maximum Gasteiger partial charge on any atom is 0.388 e. The molecule has 1 aliphatic rings. The number of fused-ring (bicyclic) bond motifs is 1. The van der Waals surface area contributed by atoms with E-state index in [1.54, 1.807) is 6.33 Å². The molecule has 0 saturated carbocycles. The SMILES string of the molecule is Cc1cc(C(=O)N2CC[C@@H](NC(=O)c3cc(OC(F)F)nn3C)[C@@H](c3ccccc3)C2)cc2c1ncn2C. The molecule has 0 aliphatic carbocycles. The fourth-order valence-electron chi connectivity index (χ4n) is 5.10. The van der Waals surface area contributed by atoms with Crippen molar-refractivity contribution in [3.05, 3.63) is 77.2 Å². The number of imidazole rings is 1. The van der Waals surface area contributed by atoms with E-state index in [2.05, 4.69) is 20.1 Å². The lowest BCUT2D eigenvalue weighted by Gasteiger charge is -2.39. The van der Waals surface area contributed by atoms with E-state index in [-0.39, 0.29) is 29.4 Å². The first-order valence-electron chi connectivity index (χ1n) is 12.3. The summed E-state index contributed by atoms with van der Waals surface area (Å²) in [6.07, 6.45) is 2.25. The Morgan fingerprint density at radius 3 is 2.63 bits per heavy atom. The highest BCUT2D eigenvalue weighted by Gasteiger charge is 2.34. The first kappa shape index (κ1) is 25.4. The molecule has 9 nitrogen and oxygen atoms in total. The average molecular weight is 523 g/mol. The van der Waals surface area contributed by atoms with Gasteiger partial charge in [-0.3, -0.25) is 14.3 Å². The van der Waals surface area contributed by atoms with Gasteiger partial charge in [0.15, 0.2) is 0 Å². The molecule has 1 N–H and O–H groups in total. The molecule has 2 aromatic heterocycles. The molecule has 3 heterocycles. The highest BCUT2D eigenvalue weighted by molar-refractivity contribution is 5.98. The Labute approximate surface area is 218 Å². The van der Waals surface area contributed by atoms with E-state index in [9.17, 15) is 18.4 Å². The van der Waals surface area contributed by atoms with Crippen LogP contribution in [0.3, 0.4) is 0 Å². The number of halogens is 2. The molecule has 4 aromatic rings. The predicted octanol–water partition coefficient (Wildman–Crippen LogP) is 3.64. The Kier molecular flexibility index (Phi) is 6.83. The molecule has 1 fully saturated rings. The average Bonchev–Trinajstić information content (AvgIpc) is 3.46. The number of carbonyl (C=O) groups is 2. The van der Waals surface area contributed by atoms with Crippen LogP contribution in [0.1, 0.15) is 44.3 Å². The van der Waals surface area contributed by atoms with Gasteiger partial charge in [0, 0.05) is 50.8 Å². The van der Waals surface area contributed by atoms with Crippen molar-refractivity contribution < 1.29 is 23.1 Å². The van der Waals surface area contributed by atoms with Crippen LogP contribution >= 0.6 is 0 Å². The van der Waals surface area contributed by atoms with Crippen molar-refractivity contribution in [2.75, 3.05) is 13.1 Å². The number of ether oxygens (including phenoxy) is 1. The zero-order valence-corrected chi connectivity index (χ0v) is 21.3. The van der Waals surface area contributed by atoms with Crippen molar-refractivity contribution in [3.63, 3.8) is 0 Å². The second kappa shape index (κ2) is 10.2. The molecule has 2 aromatic carbocycles. The van der Waals surface area contributed by atoms with Crippen molar-refractivity contribution in [2.24, 2.45) is 14.1 Å². The van der Waals surface area contributed by atoms with Gasteiger partial charge in [-0.1, -0.05) is 30.3 Å². The van der Waals surface area contributed by atoms with Gasteiger partial charge < -0.3 is 19.5 Å². The van der Waals surface area contributed by atoms with Gasteiger partial charge in [-0.2, -0.15) is 8.78 Å². The van der Waals surface area contributed by atoms with Gasteiger partial charge in [0.2, 0.25) is 5.88 Å². The number of likely N-dealkylation sites (tertiary alicyclic amines) is 1. The second-order valence-electron chi connectivity index (χ2n) is 9.52. The molecule has 0 bridgehead atoms. The molecular formula is C27H28F2N6O3. The second-order valence-corrected chi connectivity index (χ2v) is 9.52. The molecule has 0 radical (unpaired) electrons. The van der Waals surface area contributed by atoms with Gasteiger partial charge in [-0.05, 0) is 36.6 Å². The molecule has 5 rings (SSSR count). The smallest absolute Gasteiger partial charge is 0.388 e. The van der Waals surface area contributed by atoms with E-state index >= 15 is 0 Å². The molecule has 0 spiro atoms. The number of hydrogen-bond acceptors (Lipinski definition) is 5. The molecular weight excluding hydrogens is 494 g/mol. The maximum absolute atomic E-state index is 13.6. The third-order valence-electron chi connectivity index (χ3n) is 7.01. The summed E-state index contributed by atoms with van der Waals surface area (Å²) in [6, 6.07) is 14.3. The quantitative estimate of drug-likeness (QED) is 0.417. The van der Waals surface area contributed by atoms with Gasteiger partial charge in [0.25, 0.3) is 11.8 Å². The van der Waals surface area contributed by atoms with Gasteiger partial charge in [-0.25, -0.2) is 4.98 Å². The van der Waals surface area contributed by atoms with Crippen molar-refractivity contribution in [1.29, 1.82) is 0 Å². The normalized spacial score (nSPS) is 17.7. The van der Waals surface area contributed by atoms with Gasteiger partial charge in [-0.15, -0.1) is 5.10 Å². The van der Waals surface area contributed by atoms with E-state index in [1.165, 1.54) is 17.8 Å². The zero-order chi connectivity index (χ0) is 27.0. The Morgan fingerprint density at radius 2 is 1.89 bits per heavy atom. The summed E-state index contributed by atoms with van der Waals surface area (Å²) < 4.78 is 32.6. The van der Waals surface area contributed by atoms with Crippen LogP contribution < -0.4 is 10.1 Å². The molecule has 1 saturated heterocycles. The van der Waals surface area contributed by atoms with Crippen LogP contribution in [0.25, 0.3) is 11.0 Å². The van der Waals surface area contributed by atoms with E-state index in [0.717, 1.165) is 22.2 Å². The molecule has 11 heteroatoms. The van der Waals surface area contributed by atoms with E-state index in [0.29, 0.717) is 25.1 Å². The van der Waals surface area contributed by atoms with Crippen molar-refractivity contribution in [2.45, 2.75) is 31.9 Å². The number of nitrogens with one attached hydrogen (secondary N) is 1. The Bertz CT molecular complexity index is 1480. The third-order valence-corrected chi connectivity index (χ3v) is 7.01. The number of hydrogen-bond donors (Lipinski definition) is 1. The molecule has 2 atom stereocenters. The minimum atomic E-state index is -3.03. The summed E-state index contributed by atoms with van der Waals surface area (Å²) in [5.41, 5.74) is 4.37. The van der Waals surface area contributed by atoms with E-state index in [1.807, 2.05) is 65.9 Å². The minimum Gasteiger partial charge on any atom is -0.415 e. The number of alkyl halides is 2. The standard InChI is InChI=1S/C27H28F2N6O3/c1-16-11-18(12-21-24(16)30-15-33(21)2)26(37)35-10-9-20(19(14-35)17-7-5-4-6-8-17)31-25(36)22-13-23(32-34(22)3)38-27(28)29/h4-8,11-13,15,19-20,27H,9-10,14H2,1-3H3,(H,31,36)/t19-,20-/m1/s1. The van der Waals surface area contributed by atoms with Gasteiger partial charge >= 0.3 is 6.61 Å². The summed E-state index contributed by atoms with van der Waals surface area (Å²) in [4.78, 5) is 33.0. The summed E-state index contributed by atoms with van der Waals surface area (Å²) >= 11 is 0. The number of rotatable bonds is 6. The van der Waals surface area contributed by atoms with Crippen LogP contribution in [0.5, 0.6) is 5.88 Å². The summed E-state index contributed by atoms with van der Waals surface area (Å²) in [7, 11) is 3.39. The van der Waals surface area contributed by atoms with E-state index in [4.69, 9.17) is 0 Å². The minimum absolute atomic E-state index is 0.0812. The molecule has 0 unspecified atom stereocenters. The molecule has 1 aliphatic heterocycles. The summed E-state index contributed by atoms with van der Waals surface area (Å²) in [5, 5.41) is 6.87. The van der Waals surface area contributed by atoms with E-state index < -0.39 is 12.5 Å².